The molecule has 0 saturated carbocycles. The van der Waals surface area contributed by atoms with Gasteiger partial charge in [-0.15, -0.1) is 0 Å². The van der Waals surface area contributed by atoms with Gasteiger partial charge in [-0.3, -0.25) is 0 Å². The Labute approximate surface area is 93.6 Å². The third-order valence-electron chi connectivity index (χ3n) is 1.57. The van der Waals surface area contributed by atoms with Gasteiger partial charge in [-0.25, -0.2) is 0 Å². The molecular formula is C8H8BBrF3O2-. The number of hydrogen-bond acceptors (Lipinski definition) is 2. The number of hydrogen-bond donors (Lipinski definition) is 0. The molecule has 0 N–H and O–H groups in total. The Morgan fingerprint density at radius 1 is 1.33 bits per heavy atom. The predicted octanol–water partition coefficient (Wildman–Crippen LogP) is 3.22. The van der Waals surface area contributed by atoms with Gasteiger partial charge in [0.15, 0.2) is 11.5 Å². The first kappa shape index (κ1) is 12.2. The third-order valence-corrected chi connectivity index (χ3v) is 2.19. The minimum absolute atomic E-state index is 0.0687. The van der Waals surface area contributed by atoms with E-state index in [1.807, 2.05) is 0 Å². The normalized spacial score (nSPS) is 11.3. The number of benzene rings is 1. The predicted molar refractivity (Wildman–Crippen MR) is 55.3 cm³/mol. The molecule has 15 heavy (non-hydrogen) atoms. The molecule has 7 heteroatoms. The molecule has 2 nitrogen and oxygen atoms in total. The molecule has 0 aliphatic heterocycles. The molecule has 0 saturated heterocycles. The van der Waals surface area contributed by atoms with Gasteiger partial charge >= 0.3 is 6.98 Å². The van der Waals surface area contributed by atoms with Crippen molar-refractivity contribution in [2.24, 2.45) is 0 Å². The summed E-state index contributed by atoms with van der Waals surface area (Å²) in [5.74, 6) is 0.337. The summed E-state index contributed by atoms with van der Waals surface area (Å²) in [6, 6.07) is 4.76. The summed E-state index contributed by atoms with van der Waals surface area (Å²) in [5.41, 5.74) is 0. The molecule has 0 atom stereocenters. The molecule has 1 rings (SSSR count). The van der Waals surface area contributed by atoms with Gasteiger partial charge in [0.2, 0.25) is 0 Å². The summed E-state index contributed by atoms with van der Waals surface area (Å²) >= 11 is 3.09. The first-order chi connectivity index (χ1) is 6.94. The third kappa shape index (κ3) is 3.66. The van der Waals surface area contributed by atoms with Crippen molar-refractivity contribution >= 4 is 22.9 Å². The Kier molecular flexibility index (Phi) is 3.90. The van der Waals surface area contributed by atoms with E-state index in [0.717, 1.165) is 0 Å². The zero-order chi connectivity index (χ0) is 11.5. The molecular weight excluding hydrogens is 276 g/mol. The average Bonchev–Trinajstić information content (AvgIpc) is 2.14. The van der Waals surface area contributed by atoms with Crippen LogP contribution in [-0.2, 0) is 0 Å². The van der Waals surface area contributed by atoms with Gasteiger partial charge in [0.25, 0.3) is 0 Å². The maximum atomic E-state index is 12.0. The van der Waals surface area contributed by atoms with Crippen LogP contribution in [0, 0.1) is 0 Å². The van der Waals surface area contributed by atoms with Gasteiger partial charge in [-0.05, 0) is 28.1 Å². The summed E-state index contributed by atoms with van der Waals surface area (Å²) in [6.45, 7) is -6.24. The molecule has 0 spiro atoms. The Morgan fingerprint density at radius 3 is 2.53 bits per heavy atom. The number of halogens is 4. The zero-order valence-corrected chi connectivity index (χ0v) is 9.43. The van der Waals surface area contributed by atoms with Crippen molar-refractivity contribution < 1.29 is 22.4 Å². The second-order valence-corrected chi connectivity index (χ2v) is 3.65. The van der Waals surface area contributed by atoms with Gasteiger partial charge in [0.1, 0.15) is 0 Å². The van der Waals surface area contributed by atoms with E-state index in [2.05, 4.69) is 20.7 Å². The van der Waals surface area contributed by atoms with E-state index < -0.39 is 13.5 Å². The minimum Gasteiger partial charge on any atom is -0.518 e. The van der Waals surface area contributed by atoms with Crippen LogP contribution in [0.5, 0.6) is 11.5 Å². The van der Waals surface area contributed by atoms with Gasteiger partial charge < -0.3 is 22.4 Å². The van der Waals surface area contributed by atoms with Crippen molar-refractivity contribution in [3.05, 3.63) is 22.7 Å². The lowest BCUT2D eigenvalue weighted by Gasteiger charge is -2.17. The van der Waals surface area contributed by atoms with Gasteiger partial charge in [0.05, 0.1) is 18.1 Å². The molecule has 0 fully saturated rings. The fourth-order valence-electron chi connectivity index (χ4n) is 0.968. The average molecular weight is 284 g/mol. The van der Waals surface area contributed by atoms with Crippen LogP contribution in [-0.4, -0.2) is 20.6 Å². The monoisotopic (exact) mass is 283 g/mol. The van der Waals surface area contributed by atoms with E-state index in [0.29, 0.717) is 4.47 Å². The van der Waals surface area contributed by atoms with E-state index in [1.165, 1.54) is 13.2 Å². The van der Waals surface area contributed by atoms with Crippen molar-refractivity contribution in [3.8, 4) is 11.5 Å². The molecule has 1 aromatic rings. The van der Waals surface area contributed by atoms with Crippen LogP contribution < -0.4 is 9.47 Å². The molecule has 84 valence electrons. The standard InChI is InChI=1S/C8H8BBrF3O2/c1-14-7-4-2-3-6(10)8(7)15-5-9(11,12)13/h2-4H,5H2,1H3/q-1. The molecule has 0 amide bonds. The molecule has 0 aliphatic rings. The second kappa shape index (κ2) is 4.78. The minimum atomic E-state index is -4.96. The van der Waals surface area contributed by atoms with Crippen LogP contribution >= 0.6 is 15.9 Å². The smallest absolute Gasteiger partial charge is 0.515 e. The van der Waals surface area contributed by atoms with Crippen LogP contribution in [0.3, 0.4) is 0 Å². The summed E-state index contributed by atoms with van der Waals surface area (Å²) in [5, 5.41) is 0. The van der Waals surface area contributed by atoms with Gasteiger partial charge in [-0.1, -0.05) is 6.07 Å². The molecule has 0 aliphatic carbocycles. The highest BCUT2D eigenvalue weighted by Crippen LogP contribution is 2.35. The van der Waals surface area contributed by atoms with Crippen LogP contribution in [0.2, 0.25) is 0 Å². The molecule has 0 heterocycles. The van der Waals surface area contributed by atoms with Crippen LogP contribution in [0.15, 0.2) is 22.7 Å². The van der Waals surface area contributed by atoms with Crippen LogP contribution in [0.25, 0.3) is 0 Å². The molecule has 0 aromatic heterocycles. The Balaban J connectivity index is 2.83. The molecule has 0 unspecified atom stereocenters. The zero-order valence-electron chi connectivity index (χ0n) is 7.84. The number of ether oxygens (including phenoxy) is 2. The lowest BCUT2D eigenvalue weighted by atomic mass is 9.95. The maximum absolute atomic E-state index is 12.0. The molecule has 1 aromatic carbocycles. The van der Waals surface area contributed by atoms with Crippen molar-refractivity contribution in [1.82, 2.24) is 0 Å². The Hall–Kier alpha value is -0.845. The summed E-state index contributed by atoms with van der Waals surface area (Å²) < 4.78 is 45.9. The van der Waals surface area contributed by atoms with E-state index in [-0.39, 0.29) is 11.5 Å². The first-order valence-corrected chi connectivity index (χ1v) is 4.89. The van der Waals surface area contributed by atoms with Crippen LogP contribution in [0.4, 0.5) is 12.9 Å². The largest absolute Gasteiger partial charge is 0.518 e. The summed E-state index contributed by atoms with van der Waals surface area (Å²) in [6.07, 6.45) is 0. The van der Waals surface area contributed by atoms with Crippen molar-refractivity contribution in [3.63, 3.8) is 0 Å². The highest BCUT2D eigenvalue weighted by atomic mass is 79.9. The maximum Gasteiger partial charge on any atom is 0.515 e. The molecule has 0 bridgehead atoms. The Morgan fingerprint density at radius 2 is 2.00 bits per heavy atom. The fraction of sp³-hybridized carbons (Fsp3) is 0.250. The van der Waals surface area contributed by atoms with Gasteiger partial charge in [-0.2, -0.15) is 0 Å². The summed E-state index contributed by atoms with van der Waals surface area (Å²) in [4.78, 5) is 0. The first-order valence-electron chi connectivity index (χ1n) is 4.10. The van der Waals surface area contributed by atoms with E-state index in [4.69, 9.17) is 4.74 Å². The topological polar surface area (TPSA) is 18.5 Å². The van der Waals surface area contributed by atoms with E-state index >= 15 is 0 Å². The van der Waals surface area contributed by atoms with E-state index in [9.17, 15) is 12.9 Å². The van der Waals surface area contributed by atoms with Gasteiger partial charge in [0, 0.05) is 0 Å². The SMILES string of the molecule is COc1cccc(Br)c1OC[B-](F)(F)F. The summed E-state index contributed by atoms with van der Waals surface area (Å²) in [7, 11) is 1.37. The fourth-order valence-corrected chi connectivity index (χ4v) is 1.43. The lowest BCUT2D eigenvalue weighted by molar-refractivity contribution is 0.294. The highest BCUT2D eigenvalue weighted by Gasteiger charge is 2.25. The molecule has 0 radical (unpaired) electrons. The number of rotatable bonds is 4. The Bertz CT molecular complexity index is 343. The van der Waals surface area contributed by atoms with Crippen LogP contribution in [0.1, 0.15) is 0 Å². The number of para-hydroxylation sites is 1. The van der Waals surface area contributed by atoms with Crippen molar-refractivity contribution in [2.75, 3.05) is 13.6 Å². The quantitative estimate of drug-likeness (QED) is 0.790. The number of methoxy groups -OCH3 is 1. The highest BCUT2D eigenvalue weighted by molar-refractivity contribution is 9.10. The van der Waals surface area contributed by atoms with Crippen molar-refractivity contribution in [1.29, 1.82) is 0 Å². The lowest BCUT2D eigenvalue weighted by Crippen LogP contribution is -2.26. The van der Waals surface area contributed by atoms with E-state index in [1.54, 1.807) is 12.1 Å². The second-order valence-electron chi connectivity index (χ2n) is 2.79. The van der Waals surface area contributed by atoms with Crippen molar-refractivity contribution in [2.45, 2.75) is 0 Å².